The van der Waals surface area contributed by atoms with Crippen LogP contribution in [0.3, 0.4) is 0 Å². The van der Waals surface area contributed by atoms with Gasteiger partial charge in [0.1, 0.15) is 5.75 Å². The van der Waals surface area contributed by atoms with Crippen LogP contribution in [0.5, 0.6) is 5.75 Å². The van der Waals surface area contributed by atoms with E-state index in [1.807, 2.05) is 0 Å². The van der Waals surface area contributed by atoms with Crippen LogP contribution in [0.2, 0.25) is 0 Å². The van der Waals surface area contributed by atoms with Crippen molar-refractivity contribution in [3.8, 4) is 5.75 Å². The van der Waals surface area contributed by atoms with Gasteiger partial charge in [0.05, 0.1) is 0 Å². The standard InChI is InChI=1S/C16H12F5NO4S2/c17-11-12(18)14(20)16(15(21)13(11)19)28(24,25)22-6-7-27-10(23)8-26-9-4-2-1-3-5-9/h1-5,22H,6-8H2. The molecular weight excluding hydrogens is 429 g/mol. The first-order chi connectivity index (χ1) is 13.1. The van der Waals surface area contributed by atoms with E-state index in [9.17, 15) is 35.2 Å². The molecule has 0 saturated heterocycles. The highest BCUT2D eigenvalue weighted by molar-refractivity contribution is 8.13. The molecule has 0 bridgehead atoms. The van der Waals surface area contributed by atoms with E-state index in [-0.39, 0.29) is 12.4 Å². The number of benzene rings is 2. The number of ether oxygens (including phenoxy) is 1. The van der Waals surface area contributed by atoms with Crippen LogP contribution in [0.1, 0.15) is 0 Å². The molecule has 5 nitrogen and oxygen atoms in total. The minimum Gasteiger partial charge on any atom is -0.485 e. The zero-order valence-corrected chi connectivity index (χ0v) is 15.5. The lowest BCUT2D eigenvalue weighted by Crippen LogP contribution is -2.29. The second-order valence-electron chi connectivity index (χ2n) is 5.12. The summed E-state index contributed by atoms with van der Waals surface area (Å²) in [4.78, 5) is 9.67. The van der Waals surface area contributed by atoms with Crippen molar-refractivity contribution in [2.75, 3.05) is 18.9 Å². The number of halogens is 5. The molecule has 0 radical (unpaired) electrons. The van der Waals surface area contributed by atoms with Crippen molar-refractivity contribution in [1.82, 2.24) is 4.72 Å². The summed E-state index contributed by atoms with van der Waals surface area (Å²) >= 11 is 0.662. The normalized spacial score (nSPS) is 11.5. The summed E-state index contributed by atoms with van der Waals surface area (Å²) < 4.78 is 97.0. The van der Waals surface area contributed by atoms with Crippen LogP contribution < -0.4 is 9.46 Å². The molecule has 1 N–H and O–H groups in total. The number of nitrogens with one attached hydrogen (secondary N) is 1. The van der Waals surface area contributed by atoms with E-state index in [1.54, 1.807) is 35.1 Å². The maximum absolute atomic E-state index is 13.6. The van der Waals surface area contributed by atoms with Crippen molar-refractivity contribution in [1.29, 1.82) is 0 Å². The fraction of sp³-hybridized carbons (Fsp3) is 0.188. The van der Waals surface area contributed by atoms with Crippen molar-refractivity contribution < 1.29 is 39.9 Å². The molecule has 2 rings (SSSR count). The molecule has 0 aromatic heterocycles. The van der Waals surface area contributed by atoms with Crippen molar-refractivity contribution in [2.45, 2.75) is 4.90 Å². The fourth-order valence-corrected chi connectivity index (χ4v) is 3.80. The highest BCUT2D eigenvalue weighted by Crippen LogP contribution is 2.26. The van der Waals surface area contributed by atoms with Gasteiger partial charge in [-0.25, -0.2) is 35.1 Å². The predicted molar refractivity (Wildman–Crippen MR) is 90.8 cm³/mol. The molecule has 28 heavy (non-hydrogen) atoms. The van der Waals surface area contributed by atoms with Gasteiger partial charge >= 0.3 is 0 Å². The van der Waals surface area contributed by atoms with Gasteiger partial charge in [0.15, 0.2) is 34.8 Å². The van der Waals surface area contributed by atoms with E-state index in [1.165, 1.54) is 0 Å². The maximum Gasteiger partial charge on any atom is 0.246 e. The van der Waals surface area contributed by atoms with Crippen LogP contribution >= 0.6 is 11.8 Å². The molecule has 0 aliphatic rings. The van der Waals surface area contributed by atoms with E-state index in [4.69, 9.17) is 4.74 Å². The molecular formula is C16H12F5NO4S2. The van der Waals surface area contributed by atoms with E-state index >= 15 is 0 Å². The number of sulfonamides is 1. The summed E-state index contributed by atoms with van der Waals surface area (Å²) in [5.41, 5.74) is 0. The van der Waals surface area contributed by atoms with Crippen LogP contribution in [0.25, 0.3) is 0 Å². The first kappa shape index (κ1) is 22.1. The number of carbonyl (C=O) groups is 1. The molecule has 0 fully saturated rings. The Kier molecular flexibility index (Phi) is 7.38. The molecule has 0 saturated carbocycles. The average Bonchev–Trinajstić information content (AvgIpc) is 2.67. The first-order valence-corrected chi connectivity index (χ1v) is 9.96. The summed E-state index contributed by atoms with van der Waals surface area (Å²) in [6.07, 6.45) is 0. The SMILES string of the molecule is O=C(COc1ccccc1)SCCNS(=O)(=O)c1c(F)c(F)c(F)c(F)c1F. The molecule has 2 aromatic rings. The minimum absolute atomic E-state index is 0.161. The Morgan fingerprint density at radius 2 is 1.46 bits per heavy atom. The zero-order valence-electron chi connectivity index (χ0n) is 13.8. The Labute approximate surface area is 160 Å². The monoisotopic (exact) mass is 441 g/mol. The Balaban J connectivity index is 1.91. The van der Waals surface area contributed by atoms with Crippen LogP contribution in [0, 0.1) is 29.1 Å². The number of hydrogen-bond donors (Lipinski definition) is 1. The second kappa shape index (κ2) is 9.34. The minimum atomic E-state index is -5.04. The molecule has 152 valence electrons. The number of carbonyl (C=O) groups excluding carboxylic acids is 1. The van der Waals surface area contributed by atoms with Gasteiger partial charge in [0, 0.05) is 12.3 Å². The van der Waals surface area contributed by atoms with Gasteiger partial charge in [0.2, 0.25) is 21.0 Å². The Morgan fingerprint density at radius 3 is 2.04 bits per heavy atom. The molecule has 0 amide bonds. The highest BCUT2D eigenvalue weighted by atomic mass is 32.2. The van der Waals surface area contributed by atoms with Gasteiger partial charge in [0.25, 0.3) is 0 Å². The van der Waals surface area contributed by atoms with E-state index < -0.39 is 55.7 Å². The Bertz CT molecular complexity index is 942. The molecule has 0 heterocycles. The van der Waals surface area contributed by atoms with Gasteiger partial charge in [-0.1, -0.05) is 30.0 Å². The maximum atomic E-state index is 13.6. The van der Waals surface area contributed by atoms with Crippen molar-refractivity contribution >= 4 is 26.9 Å². The Hall–Kier alpha value is -2.18. The second-order valence-corrected chi connectivity index (χ2v) is 7.98. The highest BCUT2D eigenvalue weighted by Gasteiger charge is 2.33. The fourth-order valence-electron chi connectivity index (χ4n) is 1.93. The van der Waals surface area contributed by atoms with E-state index in [0.29, 0.717) is 17.5 Å². The topological polar surface area (TPSA) is 72.5 Å². The van der Waals surface area contributed by atoms with Gasteiger partial charge in [-0.05, 0) is 12.1 Å². The summed E-state index contributed by atoms with van der Waals surface area (Å²) in [5.74, 6) is -11.9. The predicted octanol–water partition coefficient (Wildman–Crippen LogP) is 3.00. The van der Waals surface area contributed by atoms with Gasteiger partial charge in [-0.3, -0.25) is 4.79 Å². The van der Waals surface area contributed by atoms with Gasteiger partial charge in [-0.2, -0.15) is 0 Å². The summed E-state index contributed by atoms with van der Waals surface area (Å²) in [7, 11) is -5.04. The number of hydrogen-bond acceptors (Lipinski definition) is 5. The number of thioether (sulfide) groups is 1. The lowest BCUT2D eigenvalue weighted by atomic mass is 10.3. The van der Waals surface area contributed by atoms with E-state index in [2.05, 4.69) is 0 Å². The van der Waals surface area contributed by atoms with Gasteiger partial charge in [-0.15, -0.1) is 0 Å². The molecule has 0 atom stereocenters. The zero-order chi connectivity index (χ0) is 20.9. The molecule has 2 aromatic carbocycles. The summed E-state index contributed by atoms with van der Waals surface area (Å²) in [6, 6.07) is 8.38. The lowest BCUT2D eigenvalue weighted by molar-refractivity contribution is -0.112. The molecule has 0 aliphatic heterocycles. The van der Waals surface area contributed by atoms with Crippen molar-refractivity contribution in [3.63, 3.8) is 0 Å². The number of rotatable bonds is 8. The Morgan fingerprint density at radius 1 is 0.929 bits per heavy atom. The lowest BCUT2D eigenvalue weighted by Gasteiger charge is -2.10. The largest absolute Gasteiger partial charge is 0.485 e. The molecule has 0 aliphatic carbocycles. The molecule has 0 spiro atoms. The molecule has 0 unspecified atom stereocenters. The quantitative estimate of drug-likeness (QED) is 0.295. The average molecular weight is 441 g/mol. The van der Waals surface area contributed by atoms with Crippen molar-refractivity contribution in [2.24, 2.45) is 0 Å². The summed E-state index contributed by atoms with van der Waals surface area (Å²) in [6.45, 7) is -0.803. The van der Waals surface area contributed by atoms with Crippen LogP contribution in [-0.2, 0) is 14.8 Å². The smallest absolute Gasteiger partial charge is 0.246 e. The first-order valence-electron chi connectivity index (χ1n) is 7.49. The van der Waals surface area contributed by atoms with Crippen LogP contribution in [0.15, 0.2) is 35.2 Å². The number of para-hydroxylation sites is 1. The summed E-state index contributed by atoms with van der Waals surface area (Å²) in [5, 5.41) is -0.459. The third kappa shape index (κ3) is 5.20. The third-order valence-corrected chi connectivity index (χ3v) is 5.52. The molecule has 12 heteroatoms. The van der Waals surface area contributed by atoms with Gasteiger partial charge < -0.3 is 4.74 Å². The van der Waals surface area contributed by atoms with Crippen molar-refractivity contribution in [3.05, 3.63) is 59.4 Å². The third-order valence-electron chi connectivity index (χ3n) is 3.20. The van der Waals surface area contributed by atoms with Crippen LogP contribution in [0.4, 0.5) is 22.0 Å². The van der Waals surface area contributed by atoms with Crippen LogP contribution in [-0.4, -0.2) is 32.4 Å². The van der Waals surface area contributed by atoms with E-state index in [0.717, 1.165) is 0 Å².